The van der Waals surface area contributed by atoms with Crippen molar-refractivity contribution < 1.29 is 19.4 Å². The summed E-state index contributed by atoms with van der Waals surface area (Å²) in [6, 6.07) is 0. The Morgan fingerprint density at radius 1 is 1.89 bits per heavy atom. The average Bonchev–Trinajstić information content (AvgIpc) is 1.82. The Kier molecular flexibility index (Phi) is 3.43. The van der Waals surface area contributed by atoms with E-state index < -0.39 is 12.1 Å². The van der Waals surface area contributed by atoms with Crippen molar-refractivity contribution >= 4 is 12.4 Å². The molecule has 0 spiro atoms. The van der Waals surface area contributed by atoms with Crippen LogP contribution in [0.3, 0.4) is 0 Å². The van der Waals surface area contributed by atoms with Crippen LogP contribution in [0.4, 0.5) is 0 Å². The number of carbonyl (C=O) groups excluding carboxylic acids is 2. The molecule has 0 radical (unpaired) electrons. The highest BCUT2D eigenvalue weighted by atomic mass is 16.5. The van der Waals surface area contributed by atoms with E-state index in [2.05, 4.69) is 4.74 Å². The molecule has 9 heavy (non-hydrogen) atoms. The van der Waals surface area contributed by atoms with Gasteiger partial charge in [-0.2, -0.15) is 0 Å². The van der Waals surface area contributed by atoms with Crippen molar-refractivity contribution in [2.45, 2.75) is 19.4 Å². The van der Waals surface area contributed by atoms with E-state index >= 15 is 0 Å². The maximum atomic E-state index is 9.93. The lowest BCUT2D eigenvalue weighted by Crippen LogP contribution is -2.36. The van der Waals surface area contributed by atoms with E-state index in [1.165, 1.54) is 0 Å². The van der Waals surface area contributed by atoms with Crippen molar-refractivity contribution in [3.63, 3.8) is 0 Å². The number of aliphatic carboxylic acids is 1. The Labute approximate surface area is 52.4 Å². The molecular formula is C5H7O4-. The lowest BCUT2D eigenvalue weighted by atomic mass is 10.3. The van der Waals surface area contributed by atoms with Gasteiger partial charge in [-0.15, -0.1) is 0 Å². The maximum absolute atomic E-state index is 9.93. The zero-order valence-electron chi connectivity index (χ0n) is 4.99. The van der Waals surface area contributed by atoms with Gasteiger partial charge >= 0.3 is 0 Å². The van der Waals surface area contributed by atoms with Gasteiger partial charge in [-0.25, -0.2) is 0 Å². The smallest absolute Gasteiger partial charge is 0.293 e. The van der Waals surface area contributed by atoms with E-state index in [0.717, 1.165) is 0 Å². The molecule has 4 nitrogen and oxygen atoms in total. The zero-order chi connectivity index (χ0) is 7.28. The van der Waals surface area contributed by atoms with Crippen molar-refractivity contribution in [2.75, 3.05) is 0 Å². The summed E-state index contributed by atoms with van der Waals surface area (Å²) >= 11 is 0. The summed E-state index contributed by atoms with van der Waals surface area (Å²) in [5, 5.41) is 9.93. The average molecular weight is 131 g/mol. The van der Waals surface area contributed by atoms with Gasteiger partial charge in [0.05, 0.1) is 5.97 Å². The third-order valence-electron chi connectivity index (χ3n) is 0.854. The van der Waals surface area contributed by atoms with Gasteiger partial charge in [0.1, 0.15) is 6.10 Å². The molecule has 0 aromatic carbocycles. The number of ether oxygens (including phenoxy) is 1. The molecule has 0 saturated heterocycles. The number of hydrogen-bond acceptors (Lipinski definition) is 4. The number of carboxylic acids is 1. The molecule has 0 aliphatic rings. The fourth-order valence-electron chi connectivity index (χ4n) is 0.386. The molecule has 1 unspecified atom stereocenters. The van der Waals surface area contributed by atoms with Gasteiger partial charge < -0.3 is 14.6 Å². The predicted octanol–water partition coefficient (Wildman–Crippen LogP) is -1.31. The monoisotopic (exact) mass is 131 g/mol. The van der Waals surface area contributed by atoms with Gasteiger partial charge in [-0.1, -0.05) is 6.92 Å². The molecule has 0 saturated carbocycles. The van der Waals surface area contributed by atoms with Gasteiger partial charge in [0.25, 0.3) is 6.47 Å². The van der Waals surface area contributed by atoms with Gasteiger partial charge in [-0.05, 0) is 6.42 Å². The molecule has 0 heterocycles. The second-order valence-electron chi connectivity index (χ2n) is 1.45. The zero-order valence-corrected chi connectivity index (χ0v) is 4.99. The van der Waals surface area contributed by atoms with E-state index in [1.54, 1.807) is 6.92 Å². The molecule has 0 N–H and O–H groups in total. The summed E-state index contributed by atoms with van der Waals surface area (Å²) in [5.74, 6) is -1.36. The minimum Gasteiger partial charge on any atom is -0.546 e. The van der Waals surface area contributed by atoms with Gasteiger partial charge in [-0.3, -0.25) is 4.79 Å². The first-order valence-electron chi connectivity index (χ1n) is 2.52. The predicted molar refractivity (Wildman–Crippen MR) is 26.2 cm³/mol. The minimum atomic E-state index is -1.36. The SMILES string of the molecule is CCC(OC=O)C(=O)[O-]. The van der Waals surface area contributed by atoms with Crippen LogP contribution in [0, 0.1) is 0 Å². The summed E-state index contributed by atoms with van der Waals surface area (Å²) in [4.78, 5) is 19.5. The third kappa shape index (κ3) is 2.69. The molecule has 0 aliphatic carbocycles. The molecule has 0 bridgehead atoms. The van der Waals surface area contributed by atoms with Gasteiger partial charge in [0.15, 0.2) is 0 Å². The van der Waals surface area contributed by atoms with E-state index in [9.17, 15) is 14.7 Å². The minimum absolute atomic E-state index is 0.101. The van der Waals surface area contributed by atoms with E-state index in [-0.39, 0.29) is 12.9 Å². The Morgan fingerprint density at radius 3 is 2.56 bits per heavy atom. The van der Waals surface area contributed by atoms with Gasteiger partial charge in [0.2, 0.25) is 0 Å². The summed E-state index contributed by atoms with van der Waals surface area (Å²) in [6.07, 6.45) is -0.858. The number of carboxylic acid groups (broad SMARTS) is 1. The van der Waals surface area contributed by atoms with Crippen LogP contribution in [0.5, 0.6) is 0 Å². The van der Waals surface area contributed by atoms with Crippen LogP contribution in [0.25, 0.3) is 0 Å². The van der Waals surface area contributed by atoms with E-state index in [4.69, 9.17) is 0 Å². The number of hydrogen-bond donors (Lipinski definition) is 0. The third-order valence-corrected chi connectivity index (χ3v) is 0.854. The lowest BCUT2D eigenvalue weighted by molar-refractivity contribution is -0.315. The van der Waals surface area contributed by atoms with Crippen molar-refractivity contribution in [3.8, 4) is 0 Å². The Balaban J connectivity index is 3.67. The van der Waals surface area contributed by atoms with Gasteiger partial charge in [0, 0.05) is 0 Å². The number of rotatable bonds is 4. The molecule has 0 amide bonds. The Bertz CT molecular complexity index is 110. The van der Waals surface area contributed by atoms with Crippen LogP contribution in [0.1, 0.15) is 13.3 Å². The van der Waals surface area contributed by atoms with Crippen molar-refractivity contribution in [3.05, 3.63) is 0 Å². The van der Waals surface area contributed by atoms with Crippen LogP contribution in [0.2, 0.25) is 0 Å². The van der Waals surface area contributed by atoms with Crippen LogP contribution in [0.15, 0.2) is 0 Å². The van der Waals surface area contributed by atoms with Crippen LogP contribution in [-0.2, 0) is 14.3 Å². The highest BCUT2D eigenvalue weighted by Crippen LogP contribution is 1.92. The fourth-order valence-corrected chi connectivity index (χ4v) is 0.386. The molecule has 0 rings (SSSR count). The first kappa shape index (κ1) is 7.94. The Hall–Kier alpha value is -1.06. The lowest BCUT2D eigenvalue weighted by Gasteiger charge is -2.12. The van der Waals surface area contributed by atoms with Crippen LogP contribution in [-0.4, -0.2) is 18.5 Å². The maximum Gasteiger partial charge on any atom is 0.293 e. The summed E-state index contributed by atoms with van der Waals surface area (Å²) in [7, 11) is 0. The quantitative estimate of drug-likeness (QED) is 0.444. The van der Waals surface area contributed by atoms with Crippen molar-refractivity contribution in [1.29, 1.82) is 0 Å². The molecule has 0 fully saturated rings. The molecule has 1 atom stereocenters. The standard InChI is InChI=1S/C5H8O4/c1-2-4(5(7)8)9-3-6/h3-4H,2H2,1H3,(H,7,8)/p-1. The number of carbonyl (C=O) groups is 2. The van der Waals surface area contributed by atoms with Crippen molar-refractivity contribution in [1.82, 2.24) is 0 Å². The molecular weight excluding hydrogens is 124 g/mol. The fraction of sp³-hybridized carbons (Fsp3) is 0.600. The molecule has 0 aromatic heterocycles. The van der Waals surface area contributed by atoms with E-state index in [0.29, 0.717) is 0 Å². The molecule has 0 aliphatic heterocycles. The summed E-state index contributed by atoms with van der Waals surface area (Å²) in [6.45, 7) is 1.69. The molecule has 0 aromatic rings. The largest absolute Gasteiger partial charge is 0.546 e. The molecule has 4 heteroatoms. The highest BCUT2D eigenvalue weighted by molar-refractivity contribution is 5.71. The summed E-state index contributed by atoms with van der Waals surface area (Å²) < 4.78 is 4.11. The second kappa shape index (κ2) is 3.88. The van der Waals surface area contributed by atoms with E-state index in [1.807, 2.05) is 0 Å². The topological polar surface area (TPSA) is 66.4 Å². The first-order chi connectivity index (χ1) is 4.22. The normalized spacial score (nSPS) is 12.1. The van der Waals surface area contributed by atoms with Crippen molar-refractivity contribution in [2.24, 2.45) is 0 Å². The Morgan fingerprint density at radius 2 is 2.44 bits per heavy atom. The highest BCUT2D eigenvalue weighted by Gasteiger charge is 2.04. The second-order valence-corrected chi connectivity index (χ2v) is 1.45. The van der Waals surface area contributed by atoms with Crippen LogP contribution < -0.4 is 5.11 Å². The molecule has 52 valence electrons. The summed E-state index contributed by atoms with van der Waals surface area (Å²) in [5.41, 5.74) is 0. The van der Waals surface area contributed by atoms with Crippen LogP contribution >= 0.6 is 0 Å². The first-order valence-corrected chi connectivity index (χ1v) is 2.52.